The maximum absolute atomic E-state index is 12.5. The molecule has 2 aliphatic rings. The van der Waals surface area contributed by atoms with Crippen molar-refractivity contribution in [3.05, 3.63) is 105 Å². The molecule has 8 rings (SSSR count). The number of benzene rings is 3. The van der Waals surface area contributed by atoms with E-state index in [4.69, 9.17) is 15.2 Å². The number of nitrogens with one attached hydrogen (secondary N) is 1. The smallest absolute Gasteiger partial charge is 0.269 e. The van der Waals surface area contributed by atoms with E-state index >= 15 is 0 Å². The fourth-order valence-electron chi connectivity index (χ4n) is 7.39. The molecule has 3 N–H and O–H groups in total. The van der Waals surface area contributed by atoms with E-state index in [0.29, 0.717) is 25.2 Å². The highest BCUT2D eigenvalue weighted by Crippen LogP contribution is 2.26. The van der Waals surface area contributed by atoms with Crippen molar-refractivity contribution < 1.29 is 9.47 Å². The van der Waals surface area contributed by atoms with Crippen molar-refractivity contribution in [1.29, 1.82) is 0 Å². The van der Waals surface area contributed by atoms with E-state index < -0.39 is 0 Å². The molecule has 0 aliphatic carbocycles. The largest absolute Gasteiger partial charge is 0.497 e. The molecule has 3 aromatic carbocycles. The Hall–Kier alpha value is -4.66. The third kappa shape index (κ3) is 9.16. The van der Waals surface area contributed by atoms with Crippen LogP contribution >= 0.6 is 11.3 Å². The van der Waals surface area contributed by atoms with Crippen LogP contribution < -0.4 is 31.6 Å². The molecule has 0 saturated carbocycles. The number of ether oxygens (including phenoxy) is 2. The summed E-state index contributed by atoms with van der Waals surface area (Å²) in [7, 11) is 3.26. The molecule has 0 bridgehead atoms. The van der Waals surface area contributed by atoms with E-state index in [9.17, 15) is 9.59 Å². The van der Waals surface area contributed by atoms with Crippen LogP contribution in [0.4, 0.5) is 0 Å². The van der Waals surface area contributed by atoms with Gasteiger partial charge in [0.1, 0.15) is 11.5 Å². The van der Waals surface area contributed by atoms with Crippen molar-refractivity contribution in [2.75, 3.05) is 53.5 Å². The van der Waals surface area contributed by atoms with Gasteiger partial charge in [0.05, 0.1) is 48.7 Å². The van der Waals surface area contributed by atoms with Crippen LogP contribution in [0.2, 0.25) is 0 Å². The maximum atomic E-state index is 12.5. The highest BCUT2D eigenvalue weighted by molar-refractivity contribution is 7.19. The molecule has 3 aromatic heterocycles. The highest BCUT2D eigenvalue weighted by Gasteiger charge is 2.20. The van der Waals surface area contributed by atoms with Gasteiger partial charge in [-0.05, 0) is 93.6 Å². The Bertz CT molecular complexity index is 2260. The number of hydrogen-bond donors (Lipinski definition) is 2. The Labute approximate surface area is 319 Å². The first kappa shape index (κ1) is 37.6. The van der Waals surface area contributed by atoms with Gasteiger partial charge < -0.3 is 39.5 Å². The first-order valence-electron chi connectivity index (χ1n) is 18.8. The number of nitrogens with two attached hydrogens (primary N) is 1. The molecule has 0 radical (unpaired) electrons. The molecular weight excluding hydrogens is 701 g/mol. The van der Waals surface area contributed by atoms with E-state index in [-0.39, 0.29) is 11.1 Å². The Balaban J connectivity index is 0.000000179. The molecular formula is C41H50N8O4S. The third-order valence-electron chi connectivity index (χ3n) is 10.6. The van der Waals surface area contributed by atoms with Gasteiger partial charge in [0.2, 0.25) is 0 Å². The van der Waals surface area contributed by atoms with Gasteiger partial charge in [-0.25, -0.2) is 9.97 Å². The number of aromatic nitrogens is 4. The number of hydrogen-bond acceptors (Lipinski definition) is 11. The minimum atomic E-state index is -0.0746. The molecule has 12 nitrogen and oxygen atoms in total. The van der Waals surface area contributed by atoms with E-state index in [1.165, 1.54) is 27.4 Å². The summed E-state index contributed by atoms with van der Waals surface area (Å²) in [4.78, 5) is 39.3. The van der Waals surface area contributed by atoms with Gasteiger partial charge in [0, 0.05) is 66.5 Å². The zero-order valence-electron chi connectivity index (χ0n) is 31.2. The van der Waals surface area contributed by atoms with E-state index in [2.05, 4.69) is 55.4 Å². The van der Waals surface area contributed by atoms with E-state index in [1.54, 1.807) is 18.8 Å². The standard InChI is InChI=1S/C25H28N4O2S.C16H22N4O2/c1-31-20-6-7-22-23(15-20)29(25(30)17-27-22)13-12-28-10-8-19(9-11-28)26-16-21-14-18-4-2-3-5-24(18)32-21;1-22-13-2-3-14-15(10-13)20(16(21)11-18-14)9-8-19-6-4-12(17)5-7-19/h2-7,14-15,17,19,26H,8-13,16H2,1H3;2-3,10-12H,4-9,17H2,1H3. The molecule has 6 aromatic rings. The maximum Gasteiger partial charge on any atom is 0.269 e. The summed E-state index contributed by atoms with van der Waals surface area (Å²) in [6.45, 7) is 8.05. The van der Waals surface area contributed by atoms with Crippen LogP contribution in [0.5, 0.6) is 11.5 Å². The Morgan fingerprint density at radius 3 is 1.80 bits per heavy atom. The molecule has 13 heteroatoms. The fraction of sp³-hybridized carbons (Fsp3) is 0.415. The topological polar surface area (TPSA) is 133 Å². The molecule has 284 valence electrons. The molecule has 5 heterocycles. The quantitative estimate of drug-likeness (QED) is 0.192. The molecule has 2 saturated heterocycles. The van der Waals surface area contributed by atoms with Crippen molar-refractivity contribution in [2.45, 2.75) is 57.4 Å². The first-order chi connectivity index (χ1) is 26.4. The summed E-state index contributed by atoms with van der Waals surface area (Å²) in [5, 5.41) is 5.08. The second-order valence-corrected chi connectivity index (χ2v) is 15.3. The lowest BCUT2D eigenvalue weighted by Crippen LogP contribution is -2.43. The summed E-state index contributed by atoms with van der Waals surface area (Å²) in [5.41, 5.74) is 9.06. The minimum Gasteiger partial charge on any atom is -0.497 e. The Kier molecular flexibility index (Phi) is 12.3. The van der Waals surface area contributed by atoms with E-state index in [1.807, 2.05) is 52.3 Å². The van der Waals surface area contributed by atoms with Gasteiger partial charge in [-0.2, -0.15) is 0 Å². The minimum absolute atomic E-state index is 0.0642. The summed E-state index contributed by atoms with van der Waals surface area (Å²) in [6, 6.07) is 23.0. The average Bonchev–Trinajstić information content (AvgIpc) is 3.63. The van der Waals surface area contributed by atoms with Gasteiger partial charge in [-0.15, -0.1) is 11.3 Å². The summed E-state index contributed by atoms with van der Waals surface area (Å²) >= 11 is 1.88. The molecule has 54 heavy (non-hydrogen) atoms. The number of thiophene rings is 1. The number of piperidine rings is 2. The first-order valence-corrected chi connectivity index (χ1v) is 19.7. The zero-order chi connectivity index (χ0) is 37.4. The van der Waals surface area contributed by atoms with Crippen LogP contribution in [-0.2, 0) is 19.6 Å². The summed E-state index contributed by atoms with van der Waals surface area (Å²) in [5.74, 6) is 1.47. The van der Waals surface area contributed by atoms with Gasteiger partial charge >= 0.3 is 0 Å². The Morgan fingerprint density at radius 2 is 1.26 bits per heavy atom. The van der Waals surface area contributed by atoms with Crippen LogP contribution in [0.3, 0.4) is 0 Å². The van der Waals surface area contributed by atoms with Crippen molar-refractivity contribution >= 4 is 43.5 Å². The fourth-order valence-corrected chi connectivity index (χ4v) is 8.40. The normalized spacial score (nSPS) is 16.1. The Morgan fingerprint density at radius 1 is 0.722 bits per heavy atom. The molecule has 0 atom stereocenters. The SMILES string of the molecule is COc1ccc2ncc(=O)n(CCN3CCC(N)CC3)c2c1.COc1ccc2ncc(=O)n(CCN3CCC(NCc4cc5ccccc5s4)CC3)c2c1. The van der Waals surface area contributed by atoms with Crippen molar-refractivity contribution in [3.63, 3.8) is 0 Å². The monoisotopic (exact) mass is 750 g/mol. The molecule has 0 unspecified atom stereocenters. The van der Waals surface area contributed by atoms with Gasteiger partial charge in [0.15, 0.2) is 0 Å². The van der Waals surface area contributed by atoms with Crippen molar-refractivity contribution in [3.8, 4) is 11.5 Å². The number of nitrogens with zero attached hydrogens (tertiary/aromatic N) is 6. The number of fused-ring (bicyclic) bond motifs is 3. The van der Waals surface area contributed by atoms with Crippen LogP contribution in [0.15, 0.2) is 88.7 Å². The molecule has 2 aliphatic heterocycles. The van der Waals surface area contributed by atoms with Crippen LogP contribution in [0.25, 0.3) is 32.2 Å². The van der Waals surface area contributed by atoms with Gasteiger partial charge in [0.25, 0.3) is 11.1 Å². The van der Waals surface area contributed by atoms with Crippen LogP contribution in [-0.4, -0.2) is 94.5 Å². The van der Waals surface area contributed by atoms with Crippen LogP contribution in [0, 0.1) is 0 Å². The zero-order valence-corrected chi connectivity index (χ0v) is 32.0. The lowest BCUT2D eigenvalue weighted by atomic mass is 10.1. The third-order valence-corrected chi connectivity index (χ3v) is 11.8. The predicted octanol–water partition coefficient (Wildman–Crippen LogP) is 4.70. The summed E-state index contributed by atoms with van der Waals surface area (Å²) in [6.07, 6.45) is 7.12. The second kappa shape index (κ2) is 17.7. The highest BCUT2D eigenvalue weighted by atomic mass is 32.1. The number of likely N-dealkylation sites (tertiary alicyclic amines) is 2. The van der Waals surface area contributed by atoms with Crippen molar-refractivity contribution in [2.24, 2.45) is 5.73 Å². The summed E-state index contributed by atoms with van der Waals surface area (Å²) < 4.78 is 15.5. The molecule has 0 amide bonds. The van der Waals surface area contributed by atoms with Crippen LogP contribution in [0.1, 0.15) is 30.6 Å². The van der Waals surface area contributed by atoms with Gasteiger partial charge in [-0.1, -0.05) is 18.2 Å². The number of methoxy groups -OCH3 is 2. The lowest BCUT2D eigenvalue weighted by Gasteiger charge is -2.32. The van der Waals surface area contributed by atoms with Gasteiger partial charge in [-0.3, -0.25) is 9.59 Å². The van der Waals surface area contributed by atoms with Crippen molar-refractivity contribution in [1.82, 2.24) is 34.2 Å². The molecule has 2 fully saturated rings. The van der Waals surface area contributed by atoms with E-state index in [0.717, 1.165) is 105 Å². The molecule has 0 spiro atoms. The average molecular weight is 751 g/mol. The second-order valence-electron chi connectivity index (χ2n) is 14.1. The predicted molar refractivity (Wildman–Crippen MR) is 217 cm³/mol. The number of rotatable bonds is 11. The lowest BCUT2D eigenvalue weighted by molar-refractivity contribution is 0.191.